The molecule has 3 rings (SSSR count). The Balaban J connectivity index is 1.91. The van der Waals surface area contributed by atoms with Crippen molar-refractivity contribution >= 4 is 5.91 Å². The average molecular weight is 311 g/mol. The van der Waals surface area contributed by atoms with Gasteiger partial charge in [0.15, 0.2) is 11.6 Å². The number of likely N-dealkylation sites (tertiary alicyclic amines) is 1. The molecule has 2 aliphatic rings. The van der Waals surface area contributed by atoms with Crippen LogP contribution in [0.5, 0.6) is 5.75 Å². The minimum absolute atomic E-state index is 0.00147. The molecule has 1 saturated heterocycles. The van der Waals surface area contributed by atoms with Crippen molar-refractivity contribution in [3.05, 3.63) is 29.3 Å². The van der Waals surface area contributed by atoms with Crippen molar-refractivity contribution < 1.29 is 23.4 Å². The molecule has 0 bridgehead atoms. The third kappa shape index (κ3) is 2.26. The van der Waals surface area contributed by atoms with Crippen LogP contribution in [0.15, 0.2) is 12.1 Å². The van der Waals surface area contributed by atoms with Crippen LogP contribution >= 0.6 is 0 Å². The van der Waals surface area contributed by atoms with E-state index in [-0.39, 0.29) is 24.1 Å². The molecule has 1 aliphatic carbocycles. The van der Waals surface area contributed by atoms with Gasteiger partial charge in [0.2, 0.25) is 0 Å². The molecule has 1 amide bonds. The minimum atomic E-state index is -1.21. The number of nitrogens with zero attached hydrogens (tertiary/aromatic N) is 1. The molecule has 1 aromatic rings. The molecular formula is C16H19F2NO3. The Kier molecular flexibility index (Phi) is 3.59. The van der Waals surface area contributed by atoms with Gasteiger partial charge in [0.1, 0.15) is 11.3 Å². The summed E-state index contributed by atoms with van der Waals surface area (Å²) in [6.07, 6.45) is 1.89. The van der Waals surface area contributed by atoms with E-state index in [1.165, 1.54) is 18.1 Å². The smallest absolute Gasteiger partial charge is 0.260 e. The molecule has 0 spiro atoms. The molecule has 0 radical (unpaired) electrons. The second kappa shape index (κ2) is 5.19. The van der Waals surface area contributed by atoms with E-state index in [0.717, 1.165) is 18.9 Å². The van der Waals surface area contributed by atoms with Gasteiger partial charge in [0.25, 0.3) is 5.91 Å². The number of methoxy groups -OCH3 is 1. The first-order valence-electron chi connectivity index (χ1n) is 7.42. The summed E-state index contributed by atoms with van der Waals surface area (Å²) in [4.78, 5) is 14.0. The van der Waals surface area contributed by atoms with Gasteiger partial charge in [-0.1, -0.05) is 6.92 Å². The maximum atomic E-state index is 14.0. The normalized spacial score (nSPS) is 28.0. The number of halogens is 2. The maximum Gasteiger partial charge on any atom is 0.260 e. The molecule has 1 aromatic carbocycles. The maximum absolute atomic E-state index is 14.0. The quantitative estimate of drug-likeness (QED) is 0.931. The first-order valence-corrected chi connectivity index (χ1v) is 7.42. The first kappa shape index (κ1) is 15.2. The summed E-state index contributed by atoms with van der Waals surface area (Å²) >= 11 is 0. The van der Waals surface area contributed by atoms with Gasteiger partial charge in [-0.25, -0.2) is 8.78 Å². The first-order chi connectivity index (χ1) is 10.4. The molecule has 6 heteroatoms. The lowest BCUT2D eigenvalue weighted by molar-refractivity contribution is -0.00369. The second-order valence-electron chi connectivity index (χ2n) is 6.29. The van der Waals surface area contributed by atoms with Crippen LogP contribution < -0.4 is 4.74 Å². The predicted octanol–water partition coefficient (Wildman–Crippen LogP) is 2.21. The van der Waals surface area contributed by atoms with Gasteiger partial charge in [-0.05, 0) is 30.9 Å². The fourth-order valence-electron chi connectivity index (χ4n) is 3.34. The molecule has 4 nitrogen and oxygen atoms in total. The molecule has 1 saturated carbocycles. The monoisotopic (exact) mass is 311 g/mol. The highest BCUT2D eigenvalue weighted by atomic mass is 19.2. The van der Waals surface area contributed by atoms with Gasteiger partial charge in [0.05, 0.1) is 19.3 Å². The number of carbonyl (C=O) groups excluding carboxylic acids is 1. The summed E-state index contributed by atoms with van der Waals surface area (Å²) in [6, 6.07) is 2.16. The van der Waals surface area contributed by atoms with Crippen LogP contribution in [0.1, 0.15) is 30.1 Å². The van der Waals surface area contributed by atoms with E-state index < -0.39 is 28.7 Å². The summed E-state index contributed by atoms with van der Waals surface area (Å²) in [5, 5.41) is 10.7. The van der Waals surface area contributed by atoms with Gasteiger partial charge in [-0.3, -0.25) is 4.79 Å². The van der Waals surface area contributed by atoms with Crippen molar-refractivity contribution in [2.45, 2.75) is 25.4 Å². The SMILES string of the molecule is COc1ccc(F)c(F)c1C(=O)N1CC(C)C(O)(C2CC2)C1. The Morgan fingerprint density at radius 3 is 2.68 bits per heavy atom. The highest BCUT2D eigenvalue weighted by Gasteiger charge is 2.53. The molecule has 2 atom stereocenters. The standard InChI is InChI=1S/C16H19F2NO3/c1-9-7-19(8-16(9,21)10-3-4-10)15(20)13-12(22-2)6-5-11(17)14(13)18/h5-6,9-10,21H,3-4,7-8H2,1-2H3. The number of β-amino-alcohol motifs (C(OH)–C–C–N with tert-alkyl or cyclic N) is 1. The van der Waals surface area contributed by atoms with Crippen molar-refractivity contribution in [3.63, 3.8) is 0 Å². The summed E-state index contributed by atoms with van der Waals surface area (Å²) in [5.41, 5.74) is -1.33. The van der Waals surface area contributed by atoms with E-state index in [9.17, 15) is 18.7 Å². The van der Waals surface area contributed by atoms with Crippen LogP contribution in [0, 0.1) is 23.5 Å². The largest absolute Gasteiger partial charge is 0.496 e. The van der Waals surface area contributed by atoms with E-state index in [1.54, 1.807) is 0 Å². The number of rotatable bonds is 3. The Hall–Kier alpha value is -1.69. The number of amides is 1. The van der Waals surface area contributed by atoms with Crippen molar-refractivity contribution in [1.29, 1.82) is 0 Å². The average Bonchev–Trinajstić information content (AvgIpc) is 3.29. The molecule has 1 heterocycles. The van der Waals surface area contributed by atoms with Crippen LogP contribution in [0.2, 0.25) is 0 Å². The van der Waals surface area contributed by atoms with Gasteiger partial charge >= 0.3 is 0 Å². The number of hydrogen-bond donors (Lipinski definition) is 1. The summed E-state index contributed by atoms with van der Waals surface area (Å²) in [7, 11) is 1.30. The van der Waals surface area contributed by atoms with Gasteiger partial charge in [-0.2, -0.15) is 0 Å². The highest BCUT2D eigenvalue weighted by Crippen LogP contribution is 2.47. The molecule has 22 heavy (non-hydrogen) atoms. The summed E-state index contributed by atoms with van der Waals surface area (Å²) in [6.45, 7) is 2.35. The topological polar surface area (TPSA) is 49.8 Å². The Bertz CT molecular complexity index is 618. The van der Waals surface area contributed by atoms with Crippen molar-refractivity contribution in [3.8, 4) is 5.75 Å². The molecule has 1 N–H and O–H groups in total. The lowest BCUT2D eigenvalue weighted by Crippen LogP contribution is -2.40. The van der Waals surface area contributed by atoms with E-state index in [4.69, 9.17) is 4.74 Å². The van der Waals surface area contributed by atoms with E-state index in [1.807, 2.05) is 6.92 Å². The zero-order chi connectivity index (χ0) is 16.1. The predicted molar refractivity (Wildman–Crippen MR) is 75.7 cm³/mol. The van der Waals surface area contributed by atoms with E-state index in [0.29, 0.717) is 6.54 Å². The molecule has 2 fully saturated rings. The Morgan fingerprint density at radius 2 is 2.09 bits per heavy atom. The number of benzene rings is 1. The van der Waals surface area contributed by atoms with Crippen molar-refractivity contribution in [2.75, 3.05) is 20.2 Å². The third-order valence-corrected chi connectivity index (χ3v) is 4.85. The van der Waals surface area contributed by atoms with Crippen molar-refractivity contribution in [1.82, 2.24) is 4.90 Å². The molecule has 1 aliphatic heterocycles. The van der Waals surface area contributed by atoms with Gasteiger partial charge in [0, 0.05) is 12.5 Å². The van der Waals surface area contributed by atoms with Gasteiger partial charge in [-0.15, -0.1) is 0 Å². The fourth-order valence-corrected chi connectivity index (χ4v) is 3.34. The van der Waals surface area contributed by atoms with E-state index in [2.05, 4.69) is 0 Å². The number of carbonyl (C=O) groups is 1. The lowest BCUT2D eigenvalue weighted by atomic mass is 9.88. The zero-order valence-corrected chi connectivity index (χ0v) is 12.6. The van der Waals surface area contributed by atoms with Crippen molar-refractivity contribution in [2.24, 2.45) is 11.8 Å². The third-order valence-electron chi connectivity index (χ3n) is 4.85. The van der Waals surface area contributed by atoms with Crippen LogP contribution in [-0.4, -0.2) is 41.7 Å². The van der Waals surface area contributed by atoms with Crippen LogP contribution in [0.3, 0.4) is 0 Å². The molecule has 2 unspecified atom stereocenters. The fraction of sp³-hybridized carbons (Fsp3) is 0.562. The van der Waals surface area contributed by atoms with Crippen LogP contribution in [-0.2, 0) is 0 Å². The summed E-state index contributed by atoms with van der Waals surface area (Å²) < 4.78 is 32.5. The zero-order valence-electron chi connectivity index (χ0n) is 12.6. The lowest BCUT2D eigenvalue weighted by Gasteiger charge is -2.26. The molecular weight excluding hydrogens is 292 g/mol. The molecule has 120 valence electrons. The number of hydrogen-bond acceptors (Lipinski definition) is 3. The van der Waals surface area contributed by atoms with Crippen LogP contribution in [0.4, 0.5) is 8.78 Å². The minimum Gasteiger partial charge on any atom is -0.496 e. The summed E-state index contributed by atoms with van der Waals surface area (Å²) in [5.74, 6) is -2.84. The number of ether oxygens (including phenoxy) is 1. The number of aliphatic hydroxyl groups is 1. The highest BCUT2D eigenvalue weighted by molar-refractivity contribution is 5.97. The Morgan fingerprint density at radius 1 is 1.41 bits per heavy atom. The van der Waals surface area contributed by atoms with Crippen LogP contribution in [0.25, 0.3) is 0 Å². The molecule has 0 aromatic heterocycles. The van der Waals surface area contributed by atoms with E-state index >= 15 is 0 Å². The van der Waals surface area contributed by atoms with Gasteiger partial charge < -0.3 is 14.7 Å². The second-order valence-corrected chi connectivity index (χ2v) is 6.29. The Labute approximate surface area is 127 Å².